The molecule has 5 nitrogen and oxygen atoms in total. The number of benzene rings is 3. The van der Waals surface area contributed by atoms with Crippen LogP contribution in [0.4, 0.5) is 5.69 Å². The molecule has 0 saturated carbocycles. The highest BCUT2D eigenvalue weighted by Gasteiger charge is 2.43. The maximum Gasteiger partial charge on any atom is 0.237 e. The molecule has 0 radical (unpaired) electrons. The maximum absolute atomic E-state index is 13.8. The Hall–Kier alpha value is -3.31. The van der Waals surface area contributed by atoms with Crippen LogP contribution in [0.25, 0.3) is 0 Å². The average Bonchev–Trinajstić information content (AvgIpc) is 2.86. The summed E-state index contributed by atoms with van der Waals surface area (Å²) in [6.45, 7) is 4.58. The molecule has 0 spiro atoms. The Morgan fingerprint density at radius 2 is 1.33 bits per heavy atom. The summed E-state index contributed by atoms with van der Waals surface area (Å²) in [7, 11) is 3.69. The third kappa shape index (κ3) is 4.88. The summed E-state index contributed by atoms with van der Waals surface area (Å²) in [5.74, 6) is 0.406. The van der Waals surface area contributed by atoms with E-state index in [4.69, 9.17) is 0 Å². The summed E-state index contributed by atoms with van der Waals surface area (Å²) in [4.78, 5) is 20.3. The highest BCUT2D eigenvalue weighted by Crippen LogP contribution is 2.38. The zero-order valence-electron chi connectivity index (χ0n) is 19.5. The van der Waals surface area contributed by atoms with Crippen molar-refractivity contribution in [2.45, 2.75) is 11.8 Å². The molecule has 1 aliphatic rings. The summed E-state index contributed by atoms with van der Waals surface area (Å²) >= 11 is 0. The number of likely N-dealkylation sites (N-methyl/N-ethyl adjacent to an activating group) is 1. The van der Waals surface area contributed by atoms with Crippen molar-refractivity contribution in [3.63, 3.8) is 0 Å². The Morgan fingerprint density at radius 3 is 1.82 bits per heavy atom. The van der Waals surface area contributed by atoms with Gasteiger partial charge in [0.2, 0.25) is 5.91 Å². The molecule has 172 valence electrons. The summed E-state index contributed by atoms with van der Waals surface area (Å²) in [5, 5.41) is 9.56. The fraction of sp³-hybridized carbons (Fsp3) is 0.321. The molecular formula is C28H33N3O2. The molecule has 0 aromatic heterocycles. The average molecular weight is 444 g/mol. The van der Waals surface area contributed by atoms with Crippen molar-refractivity contribution in [1.82, 2.24) is 9.80 Å². The molecule has 0 unspecified atom stereocenters. The molecular weight excluding hydrogens is 410 g/mol. The second-order valence-electron chi connectivity index (χ2n) is 8.93. The fourth-order valence-electron chi connectivity index (χ4n) is 4.86. The number of carbonyl (C=O) groups excluding carboxylic acids is 1. The van der Waals surface area contributed by atoms with Gasteiger partial charge in [0.25, 0.3) is 0 Å². The van der Waals surface area contributed by atoms with Gasteiger partial charge >= 0.3 is 0 Å². The van der Waals surface area contributed by atoms with Crippen molar-refractivity contribution < 1.29 is 9.90 Å². The maximum atomic E-state index is 13.8. The Labute approximate surface area is 196 Å². The molecule has 1 heterocycles. The van der Waals surface area contributed by atoms with E-state index < -0.39 is 5.41 Å². The lowest BCUT2D eigenvalue weighted by atomic mass is 9.70. The van der Waals surface area contributed by atoms with Crippen molar-refractivity contribution >= 4 is 11.6 Å². The minimum Gasteiger partial charge on any atom is -0.508 e. The quantitative estimate of drug-likeness (QED) is 0.600. The van der Waals surface area contributed by atoms with Crippen LogP contribution in [0.2, 0.25) is 0 Å². The third-order valence-corrected chi connectivity index (χ3v) is 6.69. The number of piperazine rings is 1. The van der Waals surface area contributed by atoms with Crippen molar-refractivity contribution in [2.75, 3.05) is 51.7 Å². The molecule has 33 heavy (non-hydrogen) atoms. The van der Waals surface area contributed by atoms with Crippen LogP contribution in [0.5, 0.6) is 5.75 Å². The van der Waals surface area contributed by atoms with E-state index in [1.807, 2.05) is 62.6 Å². The number of aromatic hydroxyl groups is 1. The first-order valence-corrected chi connectivity index (χ1v) is 11.6. The van der Waals surface area contributed by atoms with E-state index in [1.54, 1.807) is 17.0 Å². The molecule has 1 saturated heterocycles. The standard InChI is InChI=1S/C28H33N3O2/c1-29(2)27(33)28(23-9-5-3-6-10-23,24-11-7-4-8-12-24)17-18-30-19-21-31(22-20-30)25-13-15-26(32)16-14-25/h3-16,32H,17-22H2,1-2H3. The van der Waals surface area contributed by atoms with E-state index >= 15 is 0 Å². The first-order valence-electron chi connectivity index (χ1n) is 11.6. The third-order valence-electron chi connectivity index (χ3n) is 6.69. The fourth-order valence-corrected chi connectivity index (χ4v) is 4.86. The second kappa shape index (κ2) is 10.1. The van der Waals surface area contributed by atoms with Gasteiger partial charge in [-0.1, -0.05) is 60.7 Å². The predicted molar refractivity (Wildman–Crippen MR) is 134 cm³/mol. The Balaban J connectivity index is 1.55. The first kappa shape index (κ1) is 22.9. The molecule has 0 aliphatic carbocycles. The normalized spacial score (nSPS) is 14.8. The molecule has 1 fully saturated rings. The van der Waals surface area contributed by atoms with Gasteiger partial charge in [-0.15, -0.1) is 0 Å². The monoisotopic (exact) mass is 443 g/mol. The Morgan fingerprint density at radius 1 is 0.818 bits per heavy atom. The number of phenolic OH excluding ortho intramolecular Hbond substituents is 1. The zero-order chi connectivity index (χ0) is 23.3. The minimum absolute atomic E-state index is 0.114. The molecule has 1 aliphatic heterocycles. The molecule has 4 rings (SSSR count). The summed E-state index contributed by atoms with van der Waals surface area (Å²) in [5.41, 5.74) is 2.49. The second-order valence-corrected chi connectivity index (χ2v) is 8.93. The van der Waals surface area contributed by atoms with Crippen molar-refractivity contribution in [1.29, 1.82) is 0 Å². The van der Waals surface area contributed by atoms with E-state index in [0.29, 0.717) is 5.75 Å². The van der Waals surface area contributed by atoms with Crippen molar-refractivity contribution in [3.8, 4) is 5.75 Å². The van der Waals surface area contributed by atoms with Gasteiger partial charge in [0.1, 0.15) is 11.2 Å². The Kier molecular flexibility index (Phi) is 6.99. The van der Waals surface area contributed by atoms with Gasteiger partial charge in [-0.3, -0.25) is 9.69 Å². The van der Waals surface area contributed by atoms with E-state index in [9.17, 15) is 9.90 Å². The molecule has 5 heteroatoms. The van der Waals surface area contributed by atoms with E-state index in [0.717, 1.165) is 56.0 Å². The number of rotatable bonds is 7. The van der Waals surface area contributed by atoms with Crippen LogP contribution in [0, 0.1) is 0 Å². The van der Waals surface area contributed by atoms with Gasteiger partial charge in [0, 0.05) is 46.0 Å². The molecule has 1 N–H and O–H groups in total. The van der Waals surface area contributed by atoms with Crippen LogP contribution in [-0.2, 0) is 10.2 Å². The minimum atomic E-state index is -0.722. The molecule has 0 bridgehead atoms. The highest BCUT2D eigenvalue weighted by molar-refractivity contribution is 5.91. The topological polar surface area (TPSA) is 47.0 Å². The van der Waals surface area contributed by atoms with Gasteiger partial charge < -0.3 is 14.9 Å². The van der Waals surface area contributed by atoms with Gasteiger partial charge in [-0.25, -0.2) is 0 Å². The zero-order valence-corrected chi connectivity index (χ0v) is 19.5. The summed E-state index contributed by atoms with van der Waals surface area (Å²) in [6, 6.07) is 27.8. The van der Waals surface area contributed by atoms with Gasteiger partial charge in [-0.05, 0) is 48.4 Å². The number of anilines is 1. The van der Waals surface area contributed by atoms with Crippen LogP contribution in [0.1, 0.15) is 17.5 Å². The van der Waals surface area contributed by atoms with Crippen LogP contribution >= 0.6 is 0 Å². The summed E-state index contributed by atoms with van der Waals surface area (Å²) < 4.78 is 0. The molecule has 3 aromatic carbocycles. The SMILES string of the molecule is CN(C)C(=O)C(CCN1CCN(c2ccc(O)cc2)CC1)(c1ccccc1)c1ccccc1. The van der Waals surface area contributed by atoms with Gasteiger partial charge in [0.15, 0.2) is 0 Å². The van der Waals surface area contributed by atoms with Crippen molar-refractivity contribution in [2.24, 2.45) is 0 Å². The predicted octanol–water partition coefficient (Wildman–Crippen LogP) is 3.98. The first-order chi connectivity index (χ1) is 16.0. The number of hydrogen-bond donors (Lipinski definition) is 1. The summed E-state index contributed by atoms with van der Waals surface area (Å²) in [6.07, 6.45) is 0.719. The largest absolute Gasteiger partial charge is 0.508 e. The van der Waals surface area contributed by atoms with Crippen LogP contribution < -0.4 is 4.90 Å². The van der Waals surface area contributed by atoms with E-state index in [2.05, 4.69) is 34.1 Å². The highest BCUT2D eigenvalue weighted by atomic mass is 16.3. The molecule has 3 aromatic rings. The van der Waals surface area contributed by atoms with Gasteiger partial charge in [-0.2, -0.15) is 0 Å². The lowest BCUT2D eigenvalue weighted by Crippen LogP contribution is -2.50. The molecule has 1 amide bonds. The van der Waals surface area contributed by atoms with E-state index in [-0.39, 0.29) is 5.91 Å². The Bertz CT molecular complexity index is 988. The lowest BCUT2D eigenvalue weighted by molar-refractivity contribution is -0.133. The number of nitrogens with zero attached hydrogens (tertiary/aromatic N) is 3. The van der Waals surface area contributed by atoms with E-state index in [1.165, 1.54) is 0 Å². The lowest BCUT2D eigenvalue weighted by Gasteiger charge is -2.40. The van der Waals surface area contributed by atoms with Crippen LogP contribution in [0.15, 0.2) is 84.9 Å². The number of hydrogen-bond acceptors (Lipinski definition) is 4. The molecule has 0 atom stereocenters. The van der Waals surface area contributed by atoms with Crippen molar-refractivity contribution in [3.05, 3.63) is 96.1 Å². The van der Waals surface area contributed by atoms with Crippen LogP contribution in [0.3, 0.4) is 0 Å². The number of phenols is 1. The van der Waals surface area contributed by atoms with Crippen LogP contribution in [-0.4, -0.2) is 67.6 Å². The number of amides is 1. The smallest absolute Gasteiger partial charge is 0.237 e. The number of carbonyl (C=O) groups is 1. The van der Waals surface area contributed by atoms with Gasteiger partial charge in [0.05, 0.1) is 0 Å².